The Hall–Kier alpha value is -1.37. The van der Waals surface area contributed by atoms with E-state index in [0.29, 0.717) is 0 Å². The van der Waals surface area contributed by atoms with Crippen LogP contribution in [0.1, 0.15) is 17.0 Å². The maximum absolute atomic E-state index is 5.01. The number of aryl methyl sites for hydroxylation is 2. The van der Waals surface area contributed by atoms with Crippen molar-refractivity contribution in [3.8, 4) is 0 Å². The molecule has 0 fully saturated rings. The molecule has 0 aliphatic carbocycles. The van der Waals surface area contributed by atoms with Gasteiger partial charge in [-0.15, -0.1) is 5.10 Å². The summed E-state index contributed by atoms with van der Waals surface area (Å²) < 4.78 is 5.01. The van der Waals surface area contributed by atoms with Crippen LogP contribution >= 0.6 is 11.8 Å². The molecule has 0 atom stereocenters. The second-order valence-corrected chi connectivity index (χ2v) is 5.60. The number of ether oxygens (including phenoxy) is 1. The maximum Gasteiger partial charge on any atom is 0.213 e. The molecule has 0 radical (unpaired) electrons. The van der Waals surface area contributed by atoms with Crippen molar-refractivity contribution in [2.24, 2.45) is 0 Å². The van der Waals surface area contributed by atoms with Crippen molar-refractivity contribution in [1.29, 1.82) is 0 Å². The number of benzene rings is 1. The number of aromatic amines is 1. The second-order valence-electron chi connectivity index (χ2n) is 4.56. The molecule has 0 amide bonds. The fourth-order valence-electron chi connectivity index (χ4n) is 1.80. The van der Waals surface area contributed by atoms with E-state index in [9.17, 15) is 0 Å². The summed E-state index contributed by atoms with van der Waals surface area (Å²) in [4.78, 5) is 5.45. The van der Waals surface area contributed by atoms with E-state index in [-0.39, 0.29) is 0 Å². The molecule has 0 aliphatic heterocycles. The smallest absolute Gasteiger partial charge is 0.213 e. The molecule has 0 unspecified atom stereocenters. The van der Waals surface area contributed by atoms with E-state index in [4.69, 9.17) is 4.74 Å². The Morgan fingerprint density at radius 2 is 2.20 bits per heavy atom. The highest BCUT2D eigenvalue weighted by Gasteiger charge is 2.05. The van der Waals surface area contributed by atoms with Gasteiger partial charge in [0.25, 0.3) is 0 Å². The van der Waals surface area contributed by atoms with Crippen LogP contribution in [-0.4, -0.2) is 35.4 Å². The van der Waals surface area contributed by atoms with Crippen LogP contribution in [0.3, 0.4) is 0 Å². The zero-order chi connectivity index (χ0) is 14.4. The summed E-state index contributed by atoms with van der Waals surface area (Å²) in [5.41, 5.74) is 2.57. The van der Waals surface area contributed by atoms with Crippen LogP contribution in [0.15, 0.2) is 28.3 Å². The normalized spacial score (nSPS) is 10.9. The Bertz CT molecular complexity index is 556. The molecular formula is C14H20N4OS. The predicted molar refractivity (Wildman–Crippen MR) is 80.0 cm³/mol. The van der Waals surface area contributed by atoms with Crippen molar-refractivity contribution in [1.82, 2.24) is 20.5 Å². The number of H-pyrrole nitrogens is 1. The Morgan fingerprint density at radius 3 is 2.85 bits per heavy atom. The van der Waals surface area contributed by atoms with E-state index in [2.05, 4.69) is 45.6 Å². The van der Waals surface area contributed by atoms with Crippen LogP contribution in [0.5, 0.6) is 0 Å². The van der Waals surface area contributed by atoms with Crippen LogP contribution in [0.4, 0.5) is 0 Å². The van der Waals surface area contributed by atoms with Gasteiger partial charge in [-0.2, -0.15) is 0 Å². The third kappa shape index (κ3) is 4.33. The molecule has 6 heteroatoms. The molecule has 5 nitrogen and oxygen atoms in total. The van der Waals surface area contributed by atoms with Crippen LogP contribution in [-0.2, 0) is 11.3 Å². The maximum atomic E-state index is 5.01. The zero-order valence-electron chi connectivity index (χ0n) is 12.1. The minimum absolute atomic E-state index is 0.733. The van der Waals surface area contributed by atoms with Gasteiger partial charge in [-0.3, -0.25) is 5.10 Å². The highest BCUT2D eigenvalue weighted by molar-refractivity contribution is 7.99. The Labute approximate surface area is 123 Å². The van der Waals surface area contributed by atoms with Crippen LogP contribution < -0.4 is 5.32 Å². The first kappa shape index (κ1) is 15.0. The number of nitrogens with one attached hydrogen (secondary N) is 2. The van der Waals surface area contributed by atoms with E-state index in [1.54, 1.807) is 18.9 Å². The van der Waals surface area contributed by atoms with Gasteiger partial charge in [-0.05, 0) is 48.9 Å². The summed E-state index contributed by atoms with van der Waals surface area (Å²) in [6, 6.07) is 6.43. The fourth-order valence-corrected chi connectivity index (χ4v) is 2.66. The van der Waals surface area contributed by atoms with Gasteiger partial charge in [-0.25, -0.2) is 4.98 Å². The van der Waals surface area contributed by atoms with E-state index < -0.39 is 0 Å². The monoisotopic (exact) mass is 292 g/mol. The summed E-state index contributed by atoms with van der Waals surface area (Å²) in [6.07, 6.45) is 0. The van der Waals surface area contributed by atoms with Gasteiger partial charge in [0.2, 0.25) is 5.16 Å². The van der Waals surface area contributed by atoms with Gasteiger partial charge in [0.15, 0.2) is 0 Å². The van der Waals surface area contributed by atoms with Crippen LogP contribution in [0.25, 0.3) is 0 Å². The molecule has 2 aromatic rings. The lowest BCUT2D eigenvalue weighted by Gasteiger charge is -2.09. The standard InChI is InChI=1S/C14H20N4OS/c1-10-8-13(20-14-16-11(2)17-18-14)5-4-12(10)9-15-6-7-19-3/h4-5,8,15H,6-7,9H2,1-3H3,(H,16,17,18). The third-order valence-electron chi connectivity index (χ3n) is 2.90. The lowest BCUT2D eigenvalue weighted by Crippen LogP contribution is -2.19. The number of nitrogens with zero attached hydrogens (tertiary/aromatic N) is 2. The van der Waals surface area contributed by atoms with Gasteiger partial charge in [0.05, 0.1) is 6.61 Å². The van der Waals surface area contributed by atoms with E-state index in [1.165, 1.54) is 11.1 Å². The average molecular weight is 292 g/mol. The molecular weight excluding hydrogens is 272 g/mol. The first-order chi connectivity index (χ1) is 9.69. The van der Waals surface area contributed by atoms with Gasteiger partial charge in [-0.1, -0.05) is 6.07 Å². The summed E-state index contributed by atoms with van der Waals surface area (Å²) in [6.45, 7) is 6.48. The van der Waals surface area contributed by atoms with Crippen molar-refractivity contribution in [3.63, 3.8) is 0 Å². The van der Waals surface area contributed by atoms with Crippen LogP contribution in [0, 0.1) is 13.8 Å². The molecule has 0 saturated heterocycles. The minimum atomic E-state index is 0.733. The quantitative estimate of drug-likeness (QED) is 0.767. The van der Waals surface area contributed by atoms with Gasteiger partial charge in [0, 0.05) is 25.1 Å². The summed E-state index contributed by atoms with van der Waals surface area (Å²) in [7, 11) is 1.71. The Kier molecular flexibility index (Phi) is 5.58. The first-order valence-corrected chi connectivity index (χ1v) is 7.36. The Balaban J connectivity index is 1.94. The SMILES string of the molecule is COCCNCc1ccc(Sc2n[nH]c(C)n2)cc1C. The number of methoxy groups -OCH3 is 1. The first-order valence-electron chi connectivity index (χ1n) is 6.55. The topological polar surface area (TPSA) is 62.8 Å². The summed E-state index contributed by atoms with van der Waals surface area (Å²) >= 11 is 1.57. The zero-order valence-corrected chi connectivity index (χ0v) is 12.9. The molecule has 108 valence electrons. The Morgan fingerprint density at radius 1 is 1.35 bits per heavy atom. The fraction of sp³-hybridized carbons (Fsp3) is 0.429. The molecule has 1 aromatic heterocycles. The number of hydrogen-bond donors (Lipinski definition) is 2. The third-order valence-corrected chi connectivity index (χ3v) is 3.75. The molecule has 20 heavy (non-hydrogen) atoms. The average Bonchev–Trinajstić information content (AvgIpc) is 2.82. The number of aromatic nitrogens is 3. The van der Waals surface area contributed by atoms with E-state index >= 15 is 0 Å². The van der Waals surface area contributed by atoms with Crippen molar-refractivity contribution in [2.75, 3.05) is 20.3 Å². The highest BCUT2D eigenvalue weighted by atomic mass is 32.2. The lowest BCUT2D eigenvalue weighted by molar-refractivity contribution is 0.199. The molecule has 0 spiro atoms. The molecule has 1 heterocycles. The number of rotatable bonds is 7. The summed E-state index contributed by atoms with van der Waals surface area (Å²) in [5.74, 6) is 0.836. The molecule has 1 aromatic carbocycles. The van der Waals surface area contributed by atoms with Crippen molar-refractivity contribution < 1.29 is 4.74 Å². The minimum Gasteiger partial charge on any atom is -0.383 e. The van der Waals surface area contributed by atoms with E-state index in [1.807, 2.05) is 6.92 Å². The van der Waals surface area contributed by atoms with E-state index in [0.717, 1.165) is 35.6 Å². The lowest BCUT2D eigenvalue weighted by atomic mass is 10.1. The summed E-state index contributed by atoms with van der Waals surface area (Å²) in [5, 5.41) is 11.1. The van der Waals surface area contributed by atoms with Crippen molar-refractivity contribution >= 4 is 11.8 Å². The van der Waals surface area contributed by atoms with Crippen molar-refractivity contribution in [2.45, 2.75) is 30.4 Å². The molecule has 0 aliphatic rings. The number of hydrogen-bond acceptors (Lipinski definition) is 5. The largest absolute Gasteiger partial charge is 0.383 e. The predicted octanol–water partition coefficient (Wildman–Crippen LogP) is 2.31. The molecule has 2 N–H and O–H groups in total. The highest BCUT2D eigenvalue weighted by Crippen LogP contribution is 2.26. The molecule has 0 saturated carbocycles. The molecule has 0 bridgehead atoms. The van der Waals surface area contributed by atoms with Crippen LogP contribution in [0.2, 0.25) is 0 Å². The molecule has 2 rings (SSSR count). The van der Waals surface area contributed by atoms with Gasteiger partial charge < -0.3 is 10.1 Å². The second kappa shape index (κ2) is 7.42. The van der Waals surface area contributed by atoms with Gasteiger partial charge in [0.1, 0.15) is 5.82 Å². The van der Waals surface area contributed by atoms with Crippen molar-refractivity contribution in [3.05, 3.63) is 35.2 Å². The van der Waals surface area contributed by atoms with Gasteiger partial charge >= 0.3 is 0 Å².